The molecule has 1 unspecified atom stereocenters. The van der Waals surface area contributed by atoms with Crippen LogP contribution in [0, 0.1) is 0 Å². The number of benzene rings is 1. The van der Waals surface area contributed by atoms with Gasteiger partial charge in [0.2, 0.25) is 5.91 Å². The second-order valence-electron chi connectivity index (χ2n) is 4.49. The monoisotopic (exact) mass is 311 g/mol. The average Bonchev–Trinajstić information content (AvgIpc) is 2.38. The Labute approximate surface area is 116 Å². The van der Waals surface area contributed by atoms with E-state index in [1.807, 2.05) is 13.1 Å². The van der Waals surface area contributed by atoms with Crippen LogP contribution >= 0.6 is 15.9 Å². The highest BCUT2D eigenvalue weighted by atomic mass is 79.9. The first-order valence-corrected chi connectivity index (χ1v) is 6.89. The van der Waals surface area contributed by atoms with Gasteiger partial charge in [-0.2, -0.15) is 0 Å². The maximum Gasteiger partial charge on any atom is 0.239 e. The third-order valence-electron chi connectivity index (χ3n) is 3.27. The van der Waals surface area contributed by atoms with E-state index in [0.29, 0.717) is 13.1 Å². The molecule has 18 heavy (non-hydrogen) atoms. The summed E-state index contributed by atoms with van der Waals surface area (Å²) in [5.41, 5.74) is 2.34. The number of carbonyl (C=O) groups excluding carboxylic acids is 1. The molecule has 0 aromatic heterocycles. The highest BCUT2D eigenvalue weighted by Crippen LogP contribution is 2.29. The molecular formula is C13H18BrN3O. The number of amides is 1. The molecule has 1 aliphatic heterocycles. The Kier molecular flexibility index (Phi) is 4.24. The van der Waals surface area contributed by atoms with Gasteiger partial charge in [0.15, 0.2) is 0 Å². The number of halogens is 1. The number of piperazine rings is 1. The first-order chi connectivity index (χ1) is 8.61. The summed E-state index contributed by atoms with van der Waals surface area (Å²) in [7, 11) is 1.94. The Bertz CT molecular complexity index is 450. The number of nitrogens with one attached hydrogen (secondary N) is 2. The van der Waals surface area contributed by atoms with E-state index in [9.17, 15) is 4.79 Å². The van der Waals surface area contributed by atoms with Crippen molar-refractivity contribution in [1.82, 2.24) is 10.6 Å². The first kappa shape index (κ1) is 13.4. The van der Waals surface area contributed by atoms with Gasteiger partial charge in [-0.25, -0.2) is 0 Å². The van der Waals surface area contributed by atoms with Gasteiger partial charge in [-0.3, -0.25) is 4.79 Å². The summed E-state index contributed by atoms with van der Waals surface area (Å²) in [5, 5.41) is 6.10. The summed E-state index contributed by atoms with van der Waals surface area (Å²) < 4.78 is 1.04. The van der Waals surface area contributed by atoms with Crippen molar-refractivity contribution in [2.75, 3.05) is 31.6 Å². The van der Waals surface area contributed by atoms with Crippen LogP contribution in [0.3, 0.4) is 0 Å². The highest BCUT2D eigenvalue weighted by Gasteiger charge is 2.20. The van der Waals surface area contributed by atoms with Gasteiger partial charge in [0.1, 0.15) is 0 Å². The zero-order valence-electron chi connectivity index (χ0n) is 10.7. The van der Waals surface area contributed by atoms with Crippen LogP contribution in [-0.4, -0.2) is 32.6 Å². The normalized spacial score (nSPS) is 17.5. The van der Waals surface area contributed by atoms with E-state index >= 15 is 0 Å². The lowest BCUT2D eigenvalue weighted by Gasteiger charge is -2.31. The Morgan fingerprint density at radius 2 is 2.28 bits per heavy atom. The standard InChI is InChI=1S/C13H18BrN3O/c1-9(15-2)11-4-3-10(14)7-12(11)17-6-5-16-13(18)8-17/h3-4,7,9,15H,5-6,8H2,1-2H3,(H,16,18). The molecule has 1 amide bonds. The van der Waals surface area contributed by atoms with Crippen LogP contribution in [0.5, 0.6) is 0 Å². The van der Waals surface area contributed by atoms with E-state index in [4.69, 9.17) is 0 Å². The fourth-order valence-corrected chi connectivity index (χ4v) is 2.51. The molecule has 4 nitrogen and oxygen atoms in total. The van der Waals surface area contributed by atoms with Crippen molar-refractivity contribution in [2.24, 2.45) is 0 Å². The molecule has 1 atom stereocenters. The topological polar surface area (TPSA) is 44.4 Å². The predicted molar refractivity (Wildman–Crippen MR) is 76.8 cm³/mol. The number of hydrogen-bond donors (Lipinski definition) is 2. The van der Waals surface area contributed by atoms with Crippen LogP contribution in [0.15, 0.2) is 22.7 Å². The largest absolute Gasteiger partial charge is 0.360 e. The second kappa shape index (κ2) is 5.71. The predicted octanol–water partition coefficient (Wildman–Crippen LogP) is 1.67. The van der Waals surface area contributed by atoms with Crippen molar-refractivity contribution in [3.63, 3.8) is 0 Å². The number of carbonyl (C=O) groups is 1. The van der Waals surface area contributed by atoms with E-state index in [1.165, 1.54) is 5.56 Å². The summed E-state index contributed by atoms with van der Waals surface area (Å²) in [6, 6.07) is 6.49. The van der Waals surface area contributed by atoms with E-state index in [-0.39, 0.29) is 11.9 Å². The number of anilines is 1. The molecule has 1 aromatic rings. The first-order valence-electron chi connectivity index (χ1n) is 6.10. The van der Waals surface area contributed by atoms with Crippen molar-refractivity contribution in [3.8, 4) is 0 Å². The molecular weight excluding hydrogens is 294 g/mol. The molecule has 1 fully saturated rings. The van der Waals surface area contributed by atoms with Gasteiger partial charge in [-0.1, -0.05) is 22.0 Å². The van der Waals surface area contributed by atoms with Gasteiger partial charge in [0.05, 0.1) is 6.54 Å². The van der Waals surface area contributed by atoms with Crippen LogP contribution < -0.4 is 15.5 Å². The summed E-state index contributed by atoms with van der Waals surface area (Å²) in [6.45, 7) is 4.11. The lowest BCUT2D eigenvalue weighted by molar-refractivity contribution is -0.120. The number of nitrogens with zero attached hydrogens (tertiary/aromatic N) is 1. The summed E-state index contributed by atoms with van der Waals surface area (Å²) in [6.07, 6.45) is 0. The van der Waals surface area contributed by atoms with Crippen LogP contribution in [0.2, 0.25) is 0 Å². The minimum Gasteiger partial charge on any atom is -0.360 e. The van der Waals surface area contributed by atoms with E-state index in [1.54, 1.807) is 0 Å². The van der Waals surface area contributed by atoms with Gasteiger partial charge < -0.3 is 15.5 Å². The zero-order chi connectivity index (χ0) is 13.1. The lowest BCUT2D eigenvalue weighted by atomic mass is 10.0. The quantitative estimate of drug-likeness (QED) is 0.892. The van der Waals surface area contributed by atoms with Crippen LogP contribution in [-0.2, 0) is 4.79 Å². The molecule has 5 heteroatoms. The Hall–Kier alpha value is -1.07. The maximum atomic E-state index is 11.5. The van der Waals surface area contributed by atoms with Gasteiger partial charge in [0, 0.05) is 29.3 Å². The molecule has 1 aliphatic rings. The van der Waals surface area contributed by atoms with Gasteiger partial charge >= 0.3 is 0 Å². The molecule has 2 N–H and O–H groups in total. The Morgan fingerprint density at radius 3 is 2.94 bits per heavy atom. The second-order valence-corrected chi connectivity index (χ2v) is 5.40. The minimum absolute atomic E-state index is 0.0873. The summed E-state index contributed by atoms with van der Waals surface area (Å²) in [5.74, 6) is 0.0873. The molecule has 0 radical (unpaired) electrons. The van der Waals surface area contributed by atoms with E-state index < -0.39 is 0 Å². The highest BCUT2D eigenvalue weighted by molar-refractivity contribution is 9.10. The molecule has 1 aromatic carbocycles. The van der Waals surface area contributed by atoms with Gasteiger partial charge in [-0.05, 0) is 31.7 Å². The fraction of sp³-hybridized carbons (Fsp3) is 0.462. The van der Waals surface area contributed by atoms with Crippen LogP contribution in [0.1, 0.15) is 18.5 Å². The molecule has 2 rings (SSSR count). The molecule has 0 aliphatic carbocycles. The van der Waals surface area contributed by atoms with Gasteiger partial charge in [0.25, 0.3) is 0 Å². The molecule has 1 heterocycles. The Morgan fingerprint density at radius 1 is 1.50 bits per heavy atom. The molecule has 98 valence electrons. The smallest absolute Gasteiger partial charge is 0.239 e. The Balaban J connectivity index is 2.34. The fourth-order valence-electron chi connectivity index (χ4n) is 2.16. The van der Waals surface area contributed by atoms with Crippen molar-refractivity contribution < 1.29 is 4.79 Å². The molecule has 0 bridgehead atoms. The summed E-state index contributed by atoms with van der Waals surface area (Å²) >= 11 is 3.50. The molecule has 0 saturated carbocycles. The molecule has 1 saturated heterocycles. The minimum atomic E-state index is 0.0873. The van der Waals surface area contributed by atoms with Crippen LogP contribution in [0.4, 0.5) is 5.69 Å². The van der Waals surface area contributed by atoms with Crippen molar-refractivity contribution in [2.45, 2.75) is 13.0 Å². The zero-order valence-corrected chi connectivity index (χ0v) is 12.3. The van der Waals surface area contributed by atoms with Crippen molar-refractivity contribution in [1.29, 1.82) is 0 Å². The van der Waals surface area contributed by atoms with E-state index in [2.05, 4.69) is 50.5 Å². The third kappa shape index (κ3) is 2.84. The lowest BCUT2D eigenvalue weighted by Crippen LogP contribution is -2.48. The third-order valence-corrected chi connectivity index (χ3v) is 3.76. The van der Waals surface area contributed by atoms with E-state index in [0.717, 1.165) is 16.7 Å². The van der Waals surface area contributed by atoms with Crippen LogP contribution in [0.25, 0.3) is 0 Å². The maximum absolute atomic E-state index is 11.5. The average molecular weight is 312 g/mol. The van der Waals surface area contributed by atoms with Gasteiger partial charge in [-0.15, -0.1) is 0 Å². The SMILES string of the molecule is CNC(C)c1ccc(Br)cc1N1CCNC(=O)C1. The summed E-state index contributed by atoms with van der Waals surface area (Å²) in [4.78, 5) is 13.6. The number of hydrogen-bond acceptors (Lipinski definition) is 3. The molecule has 0 spiro atoms. The van der Waals surface area contributed by atoms with Crippen molar-refractivity contribution in [3.05, 3.63) is 28.2 Å². The number of rotatable bonds is 3. The van der Waals surface area contributed by atoms with Crippen molar-refractivity contribution >= 4 is 27.5 Å².